The zero-order chi connectivity index (χ0) is 18.1. The number of hydrogen-bond donors (Lipinski definition) is 2. The van der Waals surface area contributed by atoms with Gasteiger partial charge in [0.15, 0.2) is 0 Å². The number of halogens is 1. The summed E-state index contributed by atoms with van der Waals surface area (Å²) >= 11 is 7.66. The first-order valence-corrected chi connectivity index (χ1v) is 9.25. The van der Waals surface area contributed by atoms with Crippen LogP contribution >= 0.6 is 22.9 Å². The van der Waals surface area contributed by atoms with E-state index in [1.165, 1.54) is 11.3 Å². The van der Waals surface area contributed by atoms with E-state index in [9.17, 15) is 9.59 Å². The molecule has 7 heteroatoms. The fourth-order valence-corrected chi connectivity index (χ4v) is 3.96. The van der Waals surface area contributed by atoms with Gasteiger partial charge in [-0.3, -0.25) is 14.6 Å². The van der Waals surface area contributed by atoms with Gasteiger partial charge < -0.3 is 10.6 Å². The molecule has 0 fully saturated rings. The Labute approximate surface area is 159 Å². The van der Waals surface area contributed by atoms with Gasteiger partial charge in [-0.2, -0.15) is 0 Å². The average Bonchev–Trinajstić information content (AvgIpc) is 3.16. The lowest BCUT2D eigenvalue weighted by atomic mass is 9.85. The number of nitrogens with zero attached hydrogens (tertiary/aromatic N) is 1. The van der Waals surface area contributed by atoms with Gasteiger partial charge in [-0.1, -0.05) is 23.7 Å². The summed E-state index contributed by atoms with van der Waals surface area (Å²) in [5, 5.41) is 8.13. The van der Waals surface area contributed by atoms with Crippen molar-refractivity contribution in [3.8, 4) is 0 Å². The Morgan fingerprint density at radius 1 is 1.27 bits per heavy atom. The molecule has 3 heterocycles. The van der Waals surface area contributed by atoms with E-state index in [4.69, 9.17) is 11.6 Å². The molecule has 26 heavy (non-hydrogen) atoms. The highest BCUT2D eigenvalue weighted by Gasteiger charge is 2.28. The summed E-state index contributed by atoms with van der Waals surface area (Å²) in [6, 6.07) is 11.0. The van der Waals surface area contributed by atoms with Crippen LogP contribution in [-0.2, 0) is 4.79 Å². The first-order chi connectivity index (χ1) is 12.6. The summed E-state index contributed by atoms with van der Waals surface area (Å²) < 4.78 is 0. The summed E-state index contributed by atoms with van der Waals surface area (Å²) in [5.41, 5.74) is 3.15. The third kappa shape index (κ3) is 3.21. The van der Waals surface area contributed by atoms with Crippen LogP contribution in [0.5, 0.6) is 0 Å². The SMILES string of the molecule is O=C1CC(c2ccncc2Cl)c2ccc(NC(=O)c3cccs3)cc2N1. The van der Waals surface area contributed by atoms with Crippen LogP contribution < -0.4 is 10.6 Å². The molecular weight excluding hydrogens is 370 g/mol. The number of benzene rings is 1. The Balaban J connectivity index is 1.66. The van der Waals surface area contributed by atoms with Crippen LogP contribution in [0.3, 0.4) is 0 Å². The van der Waals surface area contributed by atoms with Gasteiger partial charge in [0, 0.05) is 36.1 Å². The first kappa shape index (κ1) is 16.8. The van der Waals surface area contributed by atoms with Crippen molar-refractivity contribution in [2.75, 3.05) is 10.6 Å². The molecule has 130 valence electrons. The predicted molar refractivity (Wildman–Crippen MR) is 103 cm³/mol. The molecule has 4 rings (SSSR count). The van der Waals surface area contributed by atoms with E-state index in [0.717, 1.165) is 11.1 Å². The van der Waals surface area contributed by atoms with E-state index in [-0.39, 0.29) is 17.7 Å². The van der Waals surface area contributed by atoms with Gasteiger partial charge >= 0.3 is 0 Å². The van der Waals surface area contributed by atoms with Crippen LogP contribution in [0.2, 0.25) is 5.02 Å². The number of rotatable bonds is 3. The number of aromatic nitrogens is 1. The second-order valence-corrected chi connectivity index (χ2v) is 7.29. The van der Waals surface area contributed by atoms with Crippen molar-refractivity contribution in [3.63, 3.8) is 0 Å². The number of amides is 2. The van der Waals surface area contributed by atoms with Gasteiger partial charge in [0.05, 0.1) is 9.90 Å². The highest BCUT2D eigenvalue weighted by molar-refractivity contribution is 7.12. The number of carbonyl (C=O) groups excluding carboxylic acids is 2. The summed E-state index contributed by atoms with van der Waals surface area (Å²) in [6.07, 6.45) is 3.57. The molecule has 0 radical (unpaired) electrons. The molecule has 1 aromatic carbocycles. The minimum atomic E-state index is -0.171. The van der Waals surface area contributed by atoms with E-state index in [2.05, 4.69) is 15.6 Å². The quantitative estimate of drug-likeness (QED) is 0.698. The molecule has 1 aliphatic rings. The van der Waals surface area contributed by atoms with Crippen molar-refractivity contribution in [1.29, 1.82) is 0 Å². The van der Waals surface area contributed by atoms with Crippen molar-refractivity contribution in [2.24, 2.45) is 0 Å². The molecule has 0 saturated heterocycles. The molecular formula is C19H14ClN3O2S. The zero-order valence-electron chi connectivity index (χ0n) is 13.5. The fraction of sp³-hybridized carbons (Fsp3) is 0.105. The summed E-state index contributed by atoms with van der Waals surface area (Å²) in [6.45, 7) is 0. The Bertz CT molecular complexity index is 988. The summed E-state index contributed by atoms with van der Waals surface area (Å²) in [7, 11) is 0. The molecule has 0 saturated carbocycles. The predicted octanol–water partition coefficient (Wildman–Crippen LogP) is 4.52. The fourth-order valence-electron chi connectivity index (χ4n) is 3.09. The molecule has 1 atom stereocenters. The lowest BCUT2D eigenvalue weighted by Gasteiger charge is -2.27. The number of nitrogens with one attached hydrogen (secondary N) is 2. The molecule has 0 aliphatic carbocycles. The van der Waals surface area contributed by atoms with Crippen LogP contribution in [-0.4, -0.2) is 16.8 Å². The van der Waals surface area contributed by atoms with E-state index in [1.54, 1.807) is 24.5 Å². The van der Waals surface area contributed by atoms with Crippen molar-refractivity contribution in [1.82, 2.24) is 4.98 Å². The number of fused-ring (bicyclic) bond motifs is 1. The third-order valence-electron chi connectivity index (χ3n) is 4.27. The Morgan fingerprint density at radius 2 is 2.15 bits per heavy atom. The molecule has 2 amide bonds. The highest BCUT2D eigenvalue weighted by atomic mass is 35.5. The maximum atomic E-state index is 12.2. The number of anilines is 2. The maximum Gasteiger partial charge on any atom is 0.265 e. The van der Waals surface area contributed by atoms with E-state index in [0.29, 0.717) is 27.7 Å². The van der Waals surface area contributed by atoms with Crippen LogP contribution in [0.4, 0.5) is 11.4 Å². The number of carbonyl (C=O) groups is 2. The van der Waals surface area contributed by atoms with E-state index in [1.807, 2.05) is 29.6 Å². The normalized spacial score (nSPS) is 15.9. The average molecular weight is 384 g/mol. The molecule has 0 bridgehead atoms. The largest absolute Gasteiger partial charge is 0.326 e. The van der Waals surface area contributed by atoms with Crippen LogP contribution in [0.25, 0.3) is 0 Å². The van der Waals surface area contributed by atoms with E-state index < -0.39 is 0 Å². The van der Waals surface area contributed by atoms with Crippen molar-refractivity contribution >= 4 is 46.1 Å². The smallest absolute Gasteiger partial charge is 0.265 e. The lowest BCUT2D eigenvalue weighted by Crippen LogP contribution is -2.24. The van der Waals surface area contributed by atoms with Gasteiger partial charge in [-0.05, 0) is 40.8 Å². The monoisotopic (exact) mass is 383 g/mol. The highest BCUT2D eigenvalue weighted by Crippen LogP contribution is 2.40. The van der Waals surface area contributed by atoms with E-state index >= 15 is 0 Å². The van der Waals surface area contributed by atoms with Crippen LogP contribution in [0.1, 0.15) is 33.1 Å². The van der Waals surface area contributed by atoms with Gasteiger partial charge in [0.1, 0.15) is 0 Å². The van der Waals surface area contributed by atoms with Gasteiger partial charge in [0.2, 0.25) is 5.91 Å². The van der Waals surface area contributed by atoms with Crippen molar-refractivity contribution in [3.05, 3.63) is 75.2 Å². The van der Waals surface area contributed by atoms with Crippen LogP contribution in [0, 0.1) is 0 Å². The Hall–Kier alpha value is -2.70. The minimum Gasteiger partial charge on any atom is -0.326 e. The summed E-state index contributed by atoms with van der Waals surface area (Å²) in [5.74, 6) is -0.399. The third-order valence-corrected chi connectivity index (χ3v) is 5.46. The molecule has 0 spiro atoms. The molecule has 5 nitrogen and oxygen atoms in total. The summed E-state index contributed by atoms with van der Waals surface area (Å²) in [4.78, 5) is 29.1. The molecule has 1 aliphatic heterocycles. The second-order valence-electron chi connectivity index (χ2n) is 5.94. The number of pyridine rings is 1. The Kier molecular flexibility index (Phi) is 4.44. The number of hydrogen-bond acceptors (Lipinski definition) is 4. The maximum absolute atomic E-state index is 12.2. The molecule has 1 unspecified atom stereocenters. The molecule has 3 aromatic rings. The lowest BCUT2D eigenvalue weighted by molar-refractivity contribution is -0.116. The van der Waals surface area contributed by atoms with Gasteiger partial charge in [-0.15, -0.1) is 11.3 Å². The number of thiophene rings is 1. The molecule has 2 N–H and O–H groups in total. The first-order valence-electron chi connectivity index (χ1n) is 8.00. The zero-order valence-corrected chi connectivity index (χ0v) is 15.1. The minimum absolute atomic E-state index is 0.0860. The van der Waals surface area contributed by atoms with Gasteiger partial charge in [-0.25, -0.2) is 0 Å². The van der Waals surface area contributed by atoms with Crippen molar-refractivity contribution < 1.29 is 9.59 Å². The van der Waals surface area contributed by atoms with Crippen molar-refractivity contribution in [2.45, 2.75) is 12.3 Å². The standard InChI is InChI=1S/C19H14ClN3O2S/c20-15-10-21-6-5-12(15)14-9-18(24)23-16-8-11(3-4-13(14)16)22-19(25)17-2-1-7-26-17/h1-8,10,14H,9H2,(H,22,25)(H,23,24). The molecule has 2 aromatic heterocycles. The second kappa shape index (κ2) is 6.90. The topological polar surface area (TPSA) is 71.1 Å². The Morgan fingerprint density at radius 3 is 2.92 bits per heavy atom. The van der Waals surface area contributed by atoms with Crippen LogP contribution in [0.15, 0.2) is 54.2 Å². The van der Waals surface area contributed by atoms with Gasteiger partial charge in [0.25, 0.3) is 5.91 Å².